The fraction of sp³-hybridized carbons (Fsp3) is 0.0517. The average molecular weight is 964 g/mol. The van der Waals surface area contributed by atoms with Gasteiger partial charge in [0.1, 0.15) is 0 Å². The Bertz CT molecular complexity index is 3670. The fourth-order valence-corrected chi connectivity index (χ4v) is 11.1. The van der Waals surface area contributed by atoms with E-state index in [2.05, 4.69) is 212 Å². The highest BCUT2D eigenvalue weighted by molar-refractivity contribution is 14.1. The predicted molar refractivity (Wildman–Crippen MR) is 282 cm³/mol. The number of aryl methyl sites for hydroxylation is 3. The van der Waals surface area contributed by atoms with E-state index in [4.69, 9.17) is 5.73 Å². The molecule has 0 aliphatic heterocycles. The van der Waals surface area contributed by atoms with Gasteiger partial charge in [0, 0.05) is 84.7 Å². The number of benzene rings is 6. The lowest BCUT2D eigenvalue weighted by atomic mass is 9.89. The molecule has 0 fully saturated rings. The maximum Gasteiger partial charge on any atom is 0.0617 e. The highest BCUT2D eigenvalue weighted by Gasteiger charge is 2.19. The first kappa shape index (κ1) is 39.7. The van der Waals surface area contributed by atoms with Gasteiger partial charge in [-0.2, -0.15) is 0 Å². The molecule has 8 heteroatoms. The average Bonchev–Trinajstić information content (AvgIpc) is 3.96. The lowest BCUT2D eigenvalue weighted by molar-refractivity contribution is 1.09. The molecule has 0 aliphatic rings. The van der Waals surface area contributed by atoms with E-state index >= 15 is 0 Å². The zero-order valence-corrected chi connectivity index (χ0v) is 38.7. The molecular formula is C58H42IN7. The molecule has 0 saturated heterocycles. The van der Waals surface area contributed by atoms with E-state index in [1.54, 1.807) is 6.20 Å². The lowest BCUT2D eigenvalue weighted by Crippen LogP contribution is -1.99. The first-order valence-corrected chi connectivity index (χ1v) is 23.1. The van der Waals surface area contributed by atoms with E-state index in [1.807, 2.05) is 43.3 Å². The van der Waals surface area contributed by atoms with Crippen LogP contribution in [-0.4, -0.2) is 28.7 Å². The van der Waals surface area contributed by atoms with Gasteiger partial charge in [-0.1, -0.05) is 54.6 Å². The van der Waals surface area contributed by atoms with E-state index in [0.717, 1.165) is 75.7 Å². The highest BCUT2D eigenvalue weighted by Crippen LogP contribution is 2.41. The third-order valence-electron chi connectivity index (χ3n) is 13.2. The van der Waals surface area contributed by atoms with E-state index in [9.17, 15) is 0 Å². The molecule has 7 nitrogen and oxygen atoms in total. The van der Waals surface area contributed by atoms with Crippen molar-refractivity contribution >= 4 is 83.2 Å². The first-order chi connectivity index (χ1) is 32.4. The highest BCUT2D eigenvalue weighted by atomic mass is 127. The van der Waals surface area contributed by atoms with E-state index in [-0.39, 0.29) is 0 Å². The molecular weight excluding hydrogens is 922 g/mol. The Hall–Kier alpha value is -7.82. The second-order valence-electron chi connectivity index (χ2n) is 17.1. The number of pyridine rings is 3. The Morgan fingerprint density at radius 3 is 1.23 bits per heavy atom. The summed E-state index contributed by atoms with van der Waals surface area (Å²) >= 11 is 2.41. The van der Waals surface area contributed by atoms with Crippen LogP contribution in [0.15, 0.2) is 183 Å². The standard InChI is InChI=1S/C58H42IN7/c1-35-26-41(64-52-10-6-4-8-47(52)48-9-5-7-11-53(48)64)12-15-44(35)38-29-39(45-16-13-42(27-36(45)2)65-54-19-23-61-32-49(54)50-33-62-24-20-55(50)65)31-40(30-38)46-17-14-43(28-37(46)3)66-56-21-25-63-34-51(56)58(59)57(66)18-22-60/h4-34H,60H2,1-3H3/b22-18-. The Balaban J connectivity index is 1.02. The molecule has 0 amide bonds. The Morgan fingerprint density at radius 1 is 0.424 bits per heavy atom. The summed E-state index contributed by atoms with van der Waals surface area (Å²) in [6, 6.07) is 51.2. The second-order valence-corrected chi connectivity index (χ2v) is 18.2. The largest absolute Gasteiger partial charge is 0.405 e. The van der Waals surface area contributed by atoms with Crippen molar-refractivity contribution in [2.45, 2.75) is 20.8 Å². The maximum atomic E-state index is 6.01. The van der Waals surface area contributed by atoms with Crippen molar-refractivity contribution < 1.29 is 0 Å². The van der Waals surface area contributed by atoms with Crippen molar-refractivity contribution in [2.75, 3.05) is 0 Å². The molecule has 316 valence electrons. The normalized spacial score (nSPS) is 11.9. The fourth-order valence-electron chi connectivity index (χ4n) is 10.2. The zero-order chi connectivity index (χ0) is 44.6. The van der Waals surface area contributed by atoms with Crippen LogP contribution >= 0.6 is 22.6 Å². The van der Waals surface area contributed by atoms with Crippen LogP contribution in [0.4, 0.5) is 0 Å². The van der Waals surface area contributed by atoms with Gasteiger partial charge in [-0.25, -0.2) is 0 Å². The molecule has 0 atom stereocenters. The molecule has 0 aliphatic carbocycles. The van der Waals surface area contributed by atoms with Crippen LogP contribution in [0.25, 0.3) is 111 Å². The van der Waals surface area contributed by atoms with Crippen molar-refractivity contribution in [3.05, 3.63) is 209 Å². The maximum absolute atomic E-state index is 6.01. The monoisotopic (exact) mass is 963 g/mol. The summed E-state index contributed by atoms with van der Waals surface area (Å²) in [5, 5.41) is 5.78. The number of nitrogens with zero attached hydrogens (tertiary/aromatic N) is 6. The van der Waals surface area contributed by atoms with Gasteiger partial charge in [0.05, 0.1) is 33.3 Å². The molecule has 12 rings (SSSR count). The molecule has 66 heavy (non-hydrogen) atoms. The van der Waals surface area contributed by atoms with Crippen molar-refractivity contribution in [1.29, 1.82) is 0 Å². The number of aromatic nitrogens is 6. The molecule has 6 aromatic heterocycles. The summed E-state index contributed by atoms with van der Waals surface area (Å²) in [5.74, 6) is 0. The molecule has 12 aromatic rings. The van der Waals surface area contributed by atoms with Gasteiger partial charge in [-0.15, -0.1) is 0 Å². The SMILES string of the molecule is Cc1cc(-n2c(/C=C\N)c(I)c3cnccc32)ccc1-c1cc(-c2ccc(-n3c4ccccc4c4ccccc43)cc2C)cc(-c2ccc(-n3c4ccncc4c4cnccc43)cc2C)c1. The third kappa shape index (κ3) is 6.27. The van der Waals surface area contributed by atoms with Crippen LogP contribution < -0.4 is 5.73 Å². The number of hydrogen-bond acceptors (Lipinski definition) is 4. The van der Waals surface area contributed by atoms with Gasteiger partial charge >= 0.3 is 0 Å². The van der Waals surface area contributed by atoms with Crippen LogP contribution in [0.1, 0.15) is 22.4 Å². The molecule has 0 saturated carbocycles. The smallest absolute Gasteiger partial charge is 0.0617 e. The van der Waals surface area contributed by atoms with Crippen LogP contribution in [0.5, 0.6) is 0 Å². The van der Waals surface area contributed by atoms with E-state index < -0.39 is 0 Å². The first-order valence-electron chi connectivity index (χ1n) is 22.0. The van der Waals surface area contributed by atoms with Gasteiger partial charge in [-0.3, -0.25) is 15.0 Å². The van der Waals surface area contributed by atoms with Crippen LogP contribution in [0.2, 0.25) is 0 Å². The molecule has 6 heterocycles. The van der Waals surface area contributed by atoms with Gasteiger partial charge in [0.25, 0.3) is 0 Å². The third-order valence-corrected chi connectivity index (χ3v) is 14.3. The van der Waals surface area contributed by atoms with E-state index in [0.29, 0.717) is 0 Å². The summed E-state index contributed by atoms with van der Waals surface area (Å²) in [6.45, 7) is 6.67. The molecule has 6 aromatic carbocycles. The molecule has 2 N–H and O–H groups in total. The van der Waals surface area contributed by atoms with Crippen molar-refractivity contribution in [3.63, 3.8) is 0 Å². The van der Waals surface area contributed by atoms with Gasteiger partial charge < -0.3 is 19.4 Å². The van der Waals surface area contributed by atoms with Gasteiger partial charge in [0.2, 0.25) is 0 Å². The summed E-state index contributed by atoms with van der Waals surface area (Å²) < 4.78 is 8.10. The number of halogens is 1. The Kier molecular flexibility index (Phi) is 9.46. The van der Waals surface area contributed by atoms with E-state index in [1.165, 1.54) is 55.2 Å². The minimum Gasteiger partial charge on any atom is -0.405 e. The van der Waals surface area contributed by atoms with Crippen molar-refractivity contribution in [1.82, 2.24) is 28.7 Å². The van der Waals surface area contributed by atoms with Crippen molar-refractivity contribution in [3.8, 4) is 50.4 Å². The summed E-state index contributed by atoms with van der Waals surface area (Å²) in [6.07, 6.45) is 15.0. The quantitative estimate of drug-likeness (QED) is 0.161. The number of rotatable bonds is 7. The zero-order valence-electron chi connectivity index (χ0n) is 36.5. The molecule has 0 unspecified atom stereocenters. The second kappa shape index (κ2) is 15.7. The van der Waals surface area contributed by atoms with Crippen molar-refractivity contribution in [2.24, 2.45) is 5.73 Å². The predicted octanol–water partition coefficient (Wildman–Crippen LogP) is 14.5. The number of fused-ring (bicyclic) bond motifs is 7. The number of nitrogens with two attached hydrogens (primary N) is 1. The minimum absolute atomic E-state index is 1.03. The minimum atomic E-state index is 1.03. The summed E-state index contributed by atoms with van der Waals surface area (Å²) in [4.78, 5) is 13.3. The number of hydrogen-bond donors (Lipinski definition) is 1. The van der Waals surface area contributed by atoms with Gasteiger partial charge in [-0.05, 0) is 191 Å². The topological polar surface area (TPSA) is 79.5 Å². The molecule has 0 bridgehead atoms. The Labute approximate surface area is 395 Å². The van der Waals surface area contributed by atoms with Crippen LogP contribution in [-0.2, 0) is 0 Å². The van der Waals surface area contributed by atoms with Crippen LogP contribution in [0.3, 0.4) is 0 Å². The number of para-hydroxylation sites is 2. The molecule has 0 spiro atoms. The van der Waals surface area contributed by atoms with Gasteiger partial charge in [0.15, 0.2) is 0 Å². The summed E-state index contributed by atoms with van der Waals surface area (Å²) in [7, 11) is 0. The molecule has 0 radical (unpaired) electrons. The lowest BCUT2D eigenvalue weighted by Gasteiger charge is -2.18. The Morgan fingerprint density at radius 2 is 0.803 bits per heavy atom. The summed E-state index contributed by atoms with van der Waals surface area (Å²) in [5.41, 5.74) is 26.6. The van der Waals surface area contributed by atoms with Crippen LogP contribution in [0, 0.1) is 24.3 Å².